The molecular weight excluding hydrogens is 292 g/mol. The van der Waals surface area contributed by atoms with Crippen molar-refractivity contribution in [3.05, 3.63) is 58.9 Å². The van der Waals surface area contributed by atoms with E-state index in [2.05, 4.69) is 11.4 Å². The lowest BCUT2D eigenvalue weighted by Gasteiger charge is -2.15. The Morgan fingerprint density at radius 2 is 1.96 bits per heavy atom. The molecule has 0 unspecified atom stereocenters. The average molecular weight is 314 g/mol. The lowest BCUT2D eigenvalue weighted by molar-refractivity contribution is -0.124. The highest BCUT2D eigenvalue weighted by molar-refractivity contribution is 5.90. The molecule has 5 heteroatoms. The van der Waals surface area contributed by atoms with Gasteiger partial charge in [-0.2, -0.15) is 0 Å². The molecule has 1 atom stereocenters. The molecule has 1 aromatic heterocycles. The molecule has 5 nitrogen and oxygen atoms in total. The summed E-state index contributed by atoms with van der Waals surface area (Å²) in [6.45, 7) is 5.70. The zero-order valence-electron chi connectivity index (χ0n) is 13.9. The van der Waals surface area contributed by atoms with Gasteiger partial charge >= 0.3 is 5.97 Å². The van der Waals surface area contributed by atoms with Crippen LogP contribution in [0.4, 0.5) is 0 Å². The predicted octanol–water partition coefficient (Wildman–Crippen LogP) is 2.68. The van der Waals surface area contributed by atoms with E-state index in [0.29, 0.717) is 5.69 Å². The van der Waals surface area contributed by atoms with Gasteiger partial charge in [-0.05, 0) is 49.6 Å². The number of aryl methyl sites for hydroxylation is 3. The van der Waals surface area contributed by atoms with Crippen molar-refractivity contribution in [3.8, 4) is 0 Å². The number of ether oxygens (including phenoxy) is 1. The average Bonchev–Trinajstić information content (AvgIpc) is 2.93. The Labute approximate surface area is 136 Å². The predicted molar refractivity (Wildman–Crippen MR) is 88.2 cm³/mol. The first-order chi connectivity index (χ1) is 10.9. The quantitative estimate of drug-likeness (QED) is 0.863. The molecule has 0 saturated heterocycles. The highest BCUT2D eigenvalue weighted by Gasteiger charge is 2.15. The van der Waals surface area contributed by atoms with Gasteiger partial charge in [0.1, 0.15) is 5.69 Å². The summed E-state index contributed by atoms with van der Waals surface area (Å²) in [6.07, 6.45) is 1.75. The maximum atomic E-state index is 11.9. The molecule has 0 radical (unpaired) electrons. The van der Waals surface area contributed by atoms with Crippen LogP contribution in [0.15, 0.2) is 36.5 Å². The first-order valence-corrected chi connectivity index (χ1v) is 7.53. The third-order valence-electron chi connectivity index (χ3n) is 3.90. The molecular formula is C18H22N2O3. The van der Waals surface area contributed by atoms with Crippen molar-refractivity contribution in [3.63, 3.8) is 0 Å². The number of carbonyl (C=O) groups excluding carboxylic acids is 2. The van der Waals surface area contributed by atoms with Crippen LogP contribution in [-0.2, 0) is 16.6 Å². The molecule has 0 fully saturated rings. The summed E-state index contributed by atoms with van der Waals surface area (Å²) in [5.74, 6) is -0.829. The fraction of sp³-hybridized carbons (Fsp3) is 0.333. The van der Waals surface area contributed by atoms with Gasteiger partial charge in [0.25, 0.3) is 5.91 Å². The van der Waals surface area contributed by atoms with E-state index in [-0.39, 0.29) is 18.6 Å². The number of benzene rings is 1. The van der Waals surface area contributed by atoms with E-state index in [0.717, 1.165) is 5.56 Å². The van der Waals surface area contributed by atoms with Gasteiger partial charge in [-0.1, -0.05) is 18.2 Å². The van der Waals surface area contributed by atoms with Crippen LogP contribution in [0.25, 0.3) is 0 Å². The largest absolute Gasteiger partial charge is 0.451 e. The third kappa shape index (κ3) is 4.22. The fourth-order valence-corrected chi connectivity index (χ4v) is 2.28. The summed E-state index contributed by atoms with van der Waals surface area (Å²) in [6, 6.07) is 9.33. The fourth-order valence-electron chi connectivity index (χ4n) is 2.28. The molecule has 0 bridgehead atoms. The van der Waals surface area contributed by atoms with Gasteiger partial charge in [0, 0.05) is 13.2 Å². The van der Waals surface area contributed by atoms with Gasteiger partial charge in [-0.3, -0.25) is 4.79 Å². The molecule has 0 saturated carbocycles. The number of carbonyl (C=O) groups is 2. The van der Waals surface area contributed by atoms with Crippen molar-refractivity contribution >= 4 is 11.9 Å². The highest BCUT2D eigenvalue weighted by Crippen LogP contribution is 2.16. The topological polar surface area (TPSA) is 60.3 Å². The molecule has 1 N–H and O–H groups in total. The summed E-state index contributed by atoms with van der Waals surface area (Å²) in [5, 5.41) is 2.84. The number of nitrogens with zero attached hydrogens (tertiary/aromatic N) is 1. The van der Waals surface area contributed by atoms with Gasteiger partial charge in [0.2, 0.25) is 0 Å². The standard InChI is InChI=1S/C18H22N2O3/c1-12-7-8-15(10-13(12)2)14(3)19-17(21)11-23-18(22)16-6-5-9-20(16)4/h5-10,14H,11H2,1-4H3,(H,19,21)/t14-/m1/s1. The van der Waals surface area contributed by atoms with E-state index in [1.54, 1.807) is 29.9 Å². The summed E-state index contributed by atoms with van der Waals surface area (Å²) < 4.78 is 6.69. The Balaban J connectivity index is 1.88. The number of aromatic nitrogens is 1. The van der Waals surface area contributed by atoms with Crippen LogP contribution in [-0.4, -0.2) is 23.1 Å². The molecule has 0 spiro atoms. The molecule has 2 aromatic rings. The van der Waals surface area contributed by atoms with Gasteiger partial charge in [0.15, 0.2) is 6.61 Å². The van der Waals surface area contributed by atoms with Gasteiger partial charge in [-0.25, -0.2) is 4.79 Å². The summed E-state index contributed by atoms with van der Waals surface area (Å²) in [5.41, 5.74) is 3.83. The van der Waals surface area contributed by atoms with Crippen LogP contribution in [0.2, 0.25) is 0 Å². The van der Waals surface area contributed by atoms with E-state index in [1.165, 1.54) is 11.1 Å². The van der Waals surface area contributed by atoms with Crippen LogP contribution in [0.3, 0.4) is 0 Å². The number of nitrogens with one attached hydrogen (secondary N) is 1. The van der Waals surface area contributed by atoms with Crippen molar-refractivity contribution in [1.82, 2.24) is 9.88 Å². The van der Waals surface area contributed by atoms with E-state index in [9.17, 15) is 9.59 Å². The Morgan fingerprint density at radius 3 is 2.57 bits per heavy atom. The lowest BCUT2D eigenvalue weighted by atomic mass is 10.0. The van der Waals surface area contributed by atoms with Crippen molar-refractivity contribution in [2.24, 2.45) is 7.05 Å². The molecule has 0 aliphatic heterocycles. The van der Waals surface area contributed by atoms with E-state index in [1.807, 2.05) is 32.9 Å². The van der Waals surface area contributed by atoms with E-state index < -0.39 is 5.97 Å². The lowest BCUT2D eigenvalue weighted by Crippen LogP contribution is -2.31. The normalized spacial score (nSPS) is 11.8. The van der Waals surface area contributed by atoms with Gasteiger partial charge < -0.3 is 14.6 Å². The minimum atomic E-state index is -0.508. The molecule has 1 heterocycles. The first-order valence-electron chi connectivity index (χ1n) is 7.53. The van der Waals surface area contributed by atoms with Crippen LogP contribution in [0.5, 0.6) is 0 Å². The second kappa shape index (κ2) is 7.13. The molecule has 1 amide bonds. The van der Waals surface area contributed by atoms with Gasteiger partial charge in [0.05, 0.1) is 6.04 Å². The summed E-state index contributed by atoms with van der Waals surface area (Å²) in [4.78, 5) is 23.8. The van der Waals surface area contributed by atoms with Crippen molar-refractivity contribution in [1.29, 1.82) is 0 Å². The minimum Gasteiger partial charge on any atom is -0.451 e. The minimum absolute atomic E-state index is 0.143. The highest BCUT2D eigenvalue weighted by atomic mass is 16.5. The van der Waals surface area contributed by atoms with Crippen molar-refractivity contribution in [2.45, 2.75) is 26.8 Å². The molecule has 0 aliphatic rings. The molecule has 23 heavy (non-hydrogen) atoms. The third-order valence-corrected chi connectivity index (χ3v) is 3.90. The Bertz CT molecular complexity index is 719. The smallest absolute Gasteiger partial charge is 0.355 e. The number of amides is 1. The van der Waals surface area contributed by atoms with Gasteiger partial charge in [-0.15, -0.1) is 0 Å². The molecule has 0 aliphatic carbocycles. The molecule has 122 valence electrons. The maximum Gasteiger partial charge on any atom is 0.355 e. The first kappa shape index (κ1) is 16.8. The second-order valence-electron chi connectivity index (χ2n) is 5.71. The maximum absolute atomic E-state index is 11.9. The van der Waals surface area contributed by atoms with Crippen LogP contribution in [0.1, 0.15) is 40.1 Å². The Kier molecular flexibility index (Phi) is 5.21. The van der Waals surface area contributed by atoms with Crippen LogP contribution >= 0.6 is 0 Å². The van der Waals surface area contributed by atoms with Crippen molar-refractivity contribution in [2.75, 3.05) is 6.61 Å². The monoisotopic (exact) mass is 314 g/mol. The zero-order chi connectivity index (χ0) is 17.0. The summed E-state index contributed by atoms with van der Waals surface area (Å²) in [7, 11) is 1.75. The zero-order valence-corrected chi connectivity index (χ0v) is 13.9. The van der Waals surface area contributed by atoms with E-state index >= 15 is 0 Å². The molecule has 2 rings (SSSR count). The number of rotatable bonds is 5. The van der Waals surface area contributed by atoms with Crippen LogP contribution < -0.4 is 5.32 Å². The number of hydrogen-bond acceptors (Lipinski definition) is 3. The number of hydrogen-bond donors (Lipinski definition) is 1. The van der Waals surface area contributed by atoms with Crippen LogP contribution in [0, 0.1) is 13.8 Å². The summed E-state index contributed by atoms with van der Waals surface area (Å²) >= 11 is 0. The SMILES string of the molecule is Cc1ccc([C@@H](C)NC(=O)COC(=O)c2cccn2C)cc1C. The van der Waals surface area contributed by atoms with E-state index in [4.69, 9.17) is 4.74 Å². The Hall–Kier alpha value is -2.56. The number of esters is 1. The molecule has 1 aromatic carbocycles. The Morgan fingerprint density at radius 1 is 1.22 bits per heavy atom. The second-order valence-corrected chi connectivity index (χ2v) is 5.71. The van der Waals surface area contributed by atoms with Crippen molar-refractivity contribution < 1.29 is 14.3 Å².